The SMILES string of the molecule is C[C@@H](CC(=O)[C@H](C#N)c1nc2ccccc2o1)c1ccccc1F. The molecular formula is C19H15FN2O2. The maximum atomic E-state index is 13.8. The second-order valence-electron chi connectivity index (χ2n) is 5.67. The molecule has 0 aliphatic rings. The minimum atomic E-state index is -1.09. The zero-order valence-electron chi connectivity index (χ0n) is 13.1. The van der Waals surface area contributed by atoms with Crippen LogP contribution in [0.4, 0.5) is 4.39 Å². The molecule has 0 aliphatic carbocycles. The molecule has 3 aromatic rings. The molecule has 2 atom stereocenters. The molecule has 0 saturated carbocycles. The van der Waals surface area contributed by atoms with Gasteiger partial charge in [-0.15, -0.1) is 0 Å². The molecule has 24 heavy (non-hydrogen) atoms. The smallest absolute Gasteiger partial charge is 0.220 e. The summed E-state index contributed by atoms with van der Waals surface area (Å²) in [6.45, 7) is 1.76. The Morgan fingerprint density at radius 1 is 1.25 bits per heavy atom. The molecule has 0 saturated heterocycles. The van der Waals surface area contributed by atoms with Crippen LogP contribution in [0.3, 0.4) is 0 Å². The van der Waals surface area contributed by atoms with E-state index in [1.54, 1.807) is 49.4 Å². The number of ketones is 1. The summed E-state index contributed by atoms with van der Waals surface area (Å²) in [5.41, 5.74) is 1.59. The highest BCUT2D eigenvalue weighted by Crippen LogP contribution is 2.27. The molecule has 3 rings (SSSR count). The predicted molar refractivity (Wildman–Crippen MR) is 86.8 cm³/mol. The van der Waals surface area contributed by atoms with Crippen molar-refractivity contribution in [1.82, 2.24) is 4.98 Å². The number of fused-ring (bicyclic) bond motifs is 1. The first-order valence-electron chi connectivity index (χ1n) is 7.62. The molecule has 0 fully saturated rings. The van der Waals surface area contributed by atoms with E-state index in [1.807, 2.05) is 6.07 Å². The van der Waals surface area contributed by atoms with Crippen LogP contribution in [-0.2, 0) is 4.79 Å². The van der Waals surface area contributed by atoms with Crippen molar-refractivity contribution in [1.29, 1.82) is 5.26 Å². The summed E-state index contributed by atoms with van der Waals surface area (Å²) in [7, 11) is 0. The Hall–Kier alpha value is -3.00. The molecule has 120 valence electrons. The lowest BCUT2D eigenvalue weighted by Crippen LogP contribution is -2.14. The third kappa shape index (κ3) is 3.04. The van der Waals surface area contributed by atoms with E-state index in [0.29, 0.717) is 16.7 Å². The van der Waals surface area contributed by atoms with E-state index in [-0.39, 0.29) is 29.8 Å². The van der Waals surface area contributed by atoms with Crippen molar-refractivity contribution in [2.24, 2.45) is 0 Å². The summed E-state index contributed by atoms with van der Waals surface area (Å²) in [5.74, 6) is -2.03. The molecule has 0 N–H and O–H groups in total. The third-order valence-corrected chi connectivity index (χ3v) is 3.95. The minimum absolute atomic E-state index is 0.0396. The number of aromatic nitrogens is 1. The summed E-state index contributed by atoms with van der Waals surface area (Å²) < 4.78 is 19.4. The van der Waals surface area contributed by atoms with E-state index in [0.717, 1.165) is 0 Å². The molecule has 0 radical (unpaired) electrons. The second-order valence-corrected chi connectivity index (χ2v) is 5.67. The number of hydrogen-bond acceptors (Lipinski definition) is 4. The zero-order chi connectivity index (χ0) is 17.1. The van der Waals surface area contributed by atoms with Gasteiger partial charge in [0.2, 0.25) is 5.89 Å². The van der Waals surface area contributed by atoms with Gasteiger partial charge in [0, 0.05) is 6.42 Å². The number of oxazole rings is 1. The van der Waals surface area contributed by atoms with Crippen LogP contribution >= 0.6 is 0 Å². The molecule has 0 amide bonds. The highest BCUT2D eigenvalue weighted by atomic mass is 19.1. The van der Waals surface area contributed by atoms with Crippen LogP contribution in [-0.4, -0.2) is 10.8 Å². The molecule has 4 nitrogen and oxygen atoms in total. The van der Waals surface area contributed by atoms with E-state index in [4.69, 9.17) is 4.42 Å². The Morgan fingerprint density at radius 2 is 1.96 bits per heavy atom. The average Bonchev–Trinajstić information content (AvgIpc) is 2.99. The lowest BCUT2D eigenvalue weighted by atomic mass is 9.91. The van der Waals surface area contributed by atoms with Gasteiger partial charge in [-0.25, -0.2) is 9.37 Å². The number of halogens is 1. The van der Waals surface area contributed by atoms with Crippen molar-refractivity contribution in [3.05, 3.63) is 65.8 Å². The molecule has 0 aliphatic heterocycles. The number of Topliss-reactive ketones (excluding diaryl/α,β-unsaturated/α-hetero) is 1. The van der Waals surface area contributed by atoms with Crippen LogP contribution in [0.1, 0.15) is 36.6 Å². The Labute approximate surface area is 138 Å². The Morgan fingerprint density at radius 3 is 2.67 bits per heavy atom. The van der Waals surface area contributed by atoms with Gasteiger partial charge in [0.05, 0.1) is 6.07 Å². The molecular weight excluding hydrogens is 307 g/mol. The Bertz CT molecular complexity index is 893. The fourth-order valence-electron chi connectivity index (χ4n) is 2.68. The predicted octanol–water partition coefficient (Wildman–Crippen LogP) is 4.34. The number of benzene rings is 2. The fraction of sp³-hybridized carbons (Fsp3) is 0.211. The molecule has 0 spiro atoms. The first kappa shape index (κ1) is 15.9. The summed E-state index contributed by atoms with van der Waals surface area (Å²) in [4.78, 5) is 16.7. The largest absolute Gasteiger partial charge is 0.439 e. The number of carbonyl (C=O) groups is 1. The first-order valence-corrected chi connectivity index (χ1v) is 7.62. The van der Waals surface area contributed by atoms with Crippen LogP contribution < -0.4 is 0 Å². The summed E-state index contributed by atoms with van der Waals surface area (Å²) in [6, 6.07) is 15.4. The van der Waals surface area contributed by atoms with Gasteiger partial charge in [0.1, 0.15) is 11.3 Å². The summed E-state index contributed by atoms with van der Waals surface area (Å²) in [6.07, 6.45) is 0.0396. The van der Waals surface area contributed by atoms with E-state index in [2.05, 4.69) is 4.98 Å². The van der Waals surface area contributed by atoms with Gasteiger partial charge in [-0.2, -0.15) is 5.26 Å². The highest BCUT2D eigenvalue weighted by molar-refractivity contribution is 5.88. The van der Waals surface area contributed by atoms with Crippen LogP contribution in [0.2, 0.25) is 0 Å². The fourth-order valence-corrected chi connectivity index (χ4v) is 2.68. The van der Waals surface area contributed by atoms with Crippen molar-refractivity contribution in [2.45, 2.75) is 25.2 Å². The summed E-state index contributed by atoms with van der Waals surface area (Å²) >= 11 is 0. The van der Waals surface area contributed by atoms with E-state index in [9.17, 15) is 14.4 Å². The lowest BCUT2D eigenvalue weighted by Gasteiger charge is -2.13. The van der Waals surface area contributed by atoms with Gasteiger partial charge in [-0.3, -0.25) is 4.79 Å². The van der Waals surface area contributed by atoms with E-state index < -0.39 is 5.92 Å². The number of nitriles is 1. The minimum Gasteiger partial charge on any atom is -0.439 e. The quantitative estimate of drug-likeness (QED) is 0.701. The van der Waals surface area contributed by atoms with Gasteiger partial charge in [0.15, 0.2) is 17.3 Å². The Balaban J connectivity index is 1.82. The highest BCUT2D eigenvalue weighted by Gasteiger charge is 2.27. The molecule has 5 heteroatoms. The van der Waals surface area contributed by atoms with Crippen LogP contribution in [0.5, 0.6) is 0 Å². The third-order valence-electron chi connectivity index (χ3n) is 3.95. The average molecular weight is 322 g/mol. The van der Waals surface area contributed by atoms with Gasteiger partial charge >= 0.3 is 0 Å². The number of carbonyl (C=O) groups excluding carboxylic acids is 1. The van der Waals surface area contributed by atoms with Crippen molar-refractivity contribution in [3.8, 4) is 6.07 Å². The number of hydrogen-bond donors (Lipinski definition) is 0. The maximum absolute atomic E-state index is 13.8. The molecule has 1 heterocycles. The van der Waals surface area contributed by atoms with Gasteiger partial charge in [0.25, 0.3) is 0 Å². The van der Waals surface area contributed by atoms with Crippen molar-refractivity contribution in [2.75, 3.05) is 0 Å². The molecule has 0 unspecified atom stereocenters. The van der Waals surface area contributed by atoms with E-state index >= 15 is 0 Å². The van der Waals surface area contributed by atoms with Crippen molar-refractivity contribution in [3.63, 3.8) is 0 Å². The monoisotopic (exact) mass is 322 g/mol. The van der Waals surface area contributed by atoms with Gasteiger partial charge in [-0.05, 0) is 29.7 Å². The first-order chi connectivity index (χ1) is 11.6. The molecule has 2 aromatic carbocycles. The Kier molecular flexibility index (Phi) is 4.39. The van der Waals surface area contributed by atoms with Crippen molar-refractivity contribution < 1.29 is 13.6 Å². The molecule has 1 aromatic heterocycles. The van der Waals surface area contributed by atoms with Crippen molar-refractivity contribution >= 4 is 16.9 Å². The zero-order valence-corrected chi connectivity index (χ0v) is 13.1. The maximum Gasteiger partial charge on any atom is 0.220 e. The number of nitrogens with zero attached hydrogens (tertiary/aromatic N) is 2. The van der Waals surface area contributed by atoms with Gasteiger partial charge < -0.3 is 4.42 Å². The number of para-hydroxylation sites is 2. The van der Waals surface area contributed by atoms with Crippen LogP contribution in [0.25, 0.3) is 11.1 Å². The van der Waals surface area contributed by atoms with Crippen LogP contribution in [0, 0.1) is 17.1 Å². The lowest BCUT2D eigenvalue weighted by molar-refractivity contribution is -0.120. The second kappa shape index (κ2) is 6.63. The number of rotatable bonds is 5. The van der Waals surface area contributed by atoms with E-state index in [1.165, 1.54) is 6.07 Å². The van der Waals surface area contributed by atoms with Crippen LogP contribution in [0.15, 0.2) is 52.9 Å². The normalized spacial score (nSPS) is 13.4. The topological polar surface area (TPSA) is 66.9 Å². The summed E-state index contributed by atoms with van der Waals surface area (Å²) in [5, 5.41) is 9.37. The van der Waals surface area contributed by atoms with Gasteiger partial charge in [-0.1, -0.05) is 37.3 Å². The standard InChI is InChI=1S/C19H15FN2O2/c1-12(13-6-2-3-7-15(13)20)10-17(23)14(11-21)19-22-16-8-4-5-9-18(16)24-19/h2-9,12,14H,10H2,1H3/t12-,14-/m0/s1. The molecule has 0 bridgehead atoms.